The van der Waals surface area contributed by atoms with Gasteiger partial charge >= 0.3 is 0 Å². The van der Waals surface area contributed by atoms with Crippen molar-refractivity contribution in [2.24, 2.45) is 0 Å². The Hall–Kier alpha value is -3.58. The number of aromatic nitrogens is 1. The number of ether oxygens (including phenoxy) is 2. The van der Waals surface area contributed by atoms with Crippen LogP contribution in [0.1, 0.15) is 15.9 Å². The first-order chi connectivity index (χ1) is 14.7. The van der Waals surface area contributed by atoms with Gasteiger partial charge in [-0.15, -0.1) is 0 Å². The van der Waals surface area contributed by atoms with Gasteiger partial charge in [0.1, 0.15) is 6.61 Å². The van der Waals surface area contributed by atoms with Crippen LogP contribution in [-0.4, -0.2) is 37.2 Å². The van der Waals surface area contributed by atoms with Crippen LogP contribution in [0.15, 0.2) is 66.9 Å². The van der Waals surface area contributed by atoms with Crippen molar-refractivity contribution in [2.75, 3.05) is 42.3 Å². The van der Waals surface area contributed by atoms with E-state index in [1.54, 1.807) is 18.3 Å². The highest BCUT2D eigenvalue weighted by atomic mass is 16.5. The summed E-state index contributed by atoms with van der Waals surface area (Å²) >= 11 is 0. The van der Waals surface area contributed by atoms with Crippen molar-refractivity contribution in [1.29, 1.82) is 0 Å². The zero-order valence-electron chi connectivity index (χ0n) is 16.6. The SMILES string of the molecule is Nc1ncccc1OCc1cccc(NC(=O)c2ccccc2N2CCOCC2)c1. The summed E-state index contributed by atoms with van der Waals surface area (Å²) in [6.45, 7) is 3.20. The van der Waals surface area contributed by atoms with Crippen LogP contribution in [0, 0.1) is 0 Å². The van der Waals surface area contributed by atoms with Crippen molar-refractivity contribution >= 4 is 23.1 Å². The number of amides is 1. The molecule has 7 heteroatoms. The van der Waals surface area contributed by atoms with Gasteiger partial charge in [-0.1, -0.05) is 24.3 Å². The van der Waals surface area contributed by atoms with E-state index in [9.17, 15) is 4.79 Å². The van der Waals surface area contributed by atoms with Gasteiger partial charge in [-0.05, 0) is 42.0 Å². The third-order valence-electron chi connectivity index (χ3n) is 4.88. The molecule has 3 aromatic rings. The van der Waals surface area contributed by atoms with E-state index in [1.165, 1.54) is 0 Å². The summed E-state index contributed by atoms with van der Waals surface area (Å²) in [6, 6.07) is 18.8. The maximum atomic E-state index is 13.0. The average molecular weight is 404 g/mol. The van der Waals surface area contributed by atoms with E-state index in [0.29, 0.717) is 42.6 Å². The van der Waals surface area contributed by atoms with Crippen LogP contribution in [0.2, 0.25) is 0 Å². The molecule has 0 atom stereocenters. The van der Waals surface area contributed by atoms with E-state index in [-0.39, 0.29) is 5.91 Å². The maximum absolute atomic E-state index is 13.0. The number of para-hydroxylation sites is 1. The number of morpholine rings is 1. The number of pyridine rings is 1. The van der Waals surface area contributed by atoms with E-state index >= 15 is 0 Å². The normalized spacial score (nSPS) is 13.7. The number of anilines is 3. The molecule has 0 aliphatic carbocycles. The number of nitrogen functional groups attached to an aromatic ring is 1. The largest absolute Gasteiger partial charge is 0.485 e. The van der Waals surface area contributed by atoms with Crippen molar-refractivity contribution < 1.29 is 14.3 Å². The summed E-state index contributed by atoms with van der Waals surface area (Å²) in [6.07, 6.45) is 1.62. The quantitative estimate of drug-likeness (QED) is 0.655. The predicted octanol–water partition coefficient (Wildman–Crippen LogP) is 3.33. The number of carbonyl (C=O) groups is 1. The molecule has 0 bridgehead atoms. The summed E-state index contributed by atoms with van der Waals surface area (Å²) in [7, 11) is 0. The molecule has 0 radical (unpaired) electrons. The Morgan fingerprint density at radius 3 is 2.77 bits per heavy atom. The molecule has 1 aromatic heterocycles. The summed E-state index contributed by atoms with van der Waals surface area (Å²) in [5.41, 5.74) is 9.00. The Labute approximate surface area is 175 Å². The molecule has 2 heterocycles. The molecule has 2 aromatic carbocycles. The van der Waals surface area contributed by atoms with Crippen LogP contribution in [0.3, 0.4) is 0 Å². The number of nitrogens with zero attached hydrogens (tertiary/aromatic N) is 2. The number of hydrogen-bond acceptors (Lipinski definition) is 6. The summed E-state index contributed by atoms with van der Waals surface area (Å²) < 4.78 is 11.2. The lowest BCUT2D eigenvalue weighted by Crippen LogP contribution is -2.37. The fourth-order valence-electron chi connectivity index (χ4n) is 3.37. The number of benzene rings is 2. The Morgan fingerprint density at radius 2 is 1.93 bits per heavy atom. The first-order valence-electron chi connectivity index (χ1n) is 9.86. The molecule has 0 spiro atoms. The second-order valence-corrected chi connectivity index (χ2v) is 6.95. The molecule has 1 aliphatic rings. The highest BCUT2D eigenvalue weighted by Crippen LogP contribution is 2.24. The van der Waals surface area contributed by atoms with Crippen LogP contribution in [0.5, 0.6) is 5.75 Å². The highest BCUT2D eigenvalue weighted by molar-refractivity contribution is 6.08. The fourth-order valence-corrected chi connectivity index (χ4v) is 3.37. The monoisotopic (exact) mass is 404 g/mol. The van der Waals surface area contributed by atoms with E-state index in [4.69, 9.17) is 15.2 Å². The molecule has 0 saturated carbocycles. The van der Waals surface area contributed by atoms with Crippen molar-refractivity contribution in [3.05, 3.63) is 78.0 Å². The van der Waals surface area contributed by atoms with Crippen LogP contribution in [0.25, 0.3) is 0 Å². The molecule has 1 amide bonds. The fraction of sp³-hybridized carbons (Fsp3) is 0.217. The molecule has 1 aliphatic heterocycles. The molecule has 1 saturated heterocycles. The zero-order chi connectivity index (χ0) is 20.8. The molecular weight excluding hydrogens is 380 g/mol. The maximum Gasteiger partial charge on any atom is 0.257 e. The Bertz CT molecular complexity index is 1020. The Morgan fingerprint density at radius 1 is 1.10 bits per heavy atom. The lowest BCUT2D eigenvalue weighted by molar-refractivity contribution is 0.102. The Kier molecular flexibility index (Phi) is 6.10. The lowest BCUT2D eigenvalue weighted by Gasteiger charge is -2.30. The molecule has 0 unspecified atom stereocenters. The van der Waals surface area contributed by atoms with Crippen LogP contribution < -0.4 is 20.7 Å². The van der Waals surface area contributed by atoms with Gasteiger partial charge in [-0.3, -0.25) is 4.79 Å². The lowest BCUT2D eigenvalue weighted by atomic mass is 10.1. The third-order valence-corrected chi connectivity index (χ3v) is 4.88. The van der Waals surface area contributed by atoms with E-state index in [1.807, 2.05) is 48.5 Å². The highest BCUT2D eigenvalue weighted by Gasteiger charge is 2.18. The second-order valence-electron chi connectivity index (χ2n) is 6.95. The van der Waals surface area contributed by atoms with Crippen LogP contribution in [0.4, 0.5) is 17.2 Å². The van der Waals surface area contributed by atoms with Gasteiger partial charge in [-0.2, -0.15) is 0 Å². The second kappa shape index (κ2) is 9.28. The van der Waals surface area contributed by atoms with Gasteiger partial charge in [0.15, 0.2) is 11.6 Å². The molecule has 7 nitrogen and oxygen atoms in total. The van der Waals surface area contributed by atoms with E-state index < -0.39 is 0 Å². The molecule has 4 rings (SSSR count). The topological polar surface area (TPSA) is 89.7 Å². The number of nitrogens with two attached hydrogens (primary N) is 1. The first kappa shape index (κ1) is 19.7. The molecule has 3 N–H and O–H groups in total. The van der Waals surface area contributed by atoms with Crippen LogP contribution in [-0.2, 0) is 11.3 Å². The van der Waals surface area contributed by atoms with Crippen molar-refractivity contribution in [3.8, 4) is 5.75 Å². The van der Waals surface area contributed by atoms with Crippen molar-refractivity contribution in [2.45, 2.75) is 6.61 Å². The Balaban J connectivity index is 1.45. The van der Waals surface area contributed by atoms with Crippen molar-refractivity contribution in [1.82, 2.24) is 4.98 Å². The minimum absolute atomic E-state index is 0.147. The molecule has 30 heavy (non-hydrogen) atoms. The zero-order valence-corrected chi connectivity index (χ0v) is 16.6. The van der Waals surface area contributed by atoms with Gasteiger partial charge in [0, 0.05) is 30.7 Å². The minimum Gasteiger partial charge on any atom is -0.485 e. The first-order valence-corrected chi connectivity index (χ1v) is 9.86. The van der Waals surface area contributed by atoms with Gasteiger partial charge in [0.05, 0.1) is 18.8 Å². The average Bonchev–Trinajstić information content (AvgIpc) is 2.79. The summed E-state index contributed by atoms with van der Waals surface area (Å²) in [5.74, 6) is 0.736. The van der Waals surface area contributed by atoms with E-state index in [2.05, 4.69) is 15.2 Å². The number of nitrogens with one attached hydrogen (secondary N) is 1. The van der Waals surface area contributed by atoms with Crippen LogP contribution >= 0.6 is 0 Å². The van der Waals surface area contributed by atoms with E-state index in [0.717, 1.165) is 24.3 Å². The predicted molar refractivity (Wildman–Crippen MR) is 117 cm³/mol. The molecular formula is C23H24N4O3. The van der Waals surface area contributed by atoms with Gasteiger partial charge in [-0.25, -0.2) is 4.98 Å². The standard InChI is InChI=1S/C23H24N4O3/c24-22-21(9-4-10-25-22)30-16-17-5-3-6-18(15-17)26-23(28)19-7-1-2-8-20(19)27-11-13-29-14-12-27/h1-10,15H,11-14,16H2,(H2,24,25)(H,26,28). The van der Waals surface area contributed by atoms with Gasteiger partial charge in [0.25, 0.3) is 5.91 Å². The smallest absolute Gasteiger partial charge is 0.257 e. The molecule has 154 valence electrons. The minimum atomic E-state index is -0.147. The number of carbonyl (C=O) groups excluding carboxylic acids is 1. The van der Waals surface area contributed by atoms with Gasteiger partial charge < -0.3 is 25.4 Å². The summed E-state index contributed by atoms with van der Waals surface area (Å²) in [5, 5.41) is 3.00. The van der Waals surface area contributed by atoms with Gasteiger partial charge in [0.2, 0.25) is 0 Å². The summed E-state index contributed by atoms with van der Waals surface area (Å²) in [4.78, 5) is 19.2. The molecule has 1 fully saturated rings. The number of hydrogen-bond donors (Lipinski definition) is 2. The number of rotatable bonds is 6. The van der Waals surface area contributed by atoms with Crippen molar-refractivity contribution in [3.63, 3.8) is 0 Å². The third kappa shape index (κ3) is 4.69.